The van der Waals surface area contributed by atoms with Gasteiger partial charge in [-0.1, -0.05) is 41.9 Å². The van der Waals surface area contributed by atoms with Gasteiger partial charge in [0.05, 0.1) is 5.02 Å². The molecule has 1 N–H and O–H groups in total. The van der Waals surface area contributed by atoms with Crippen LogP contribution >= 0.6 is 22.9 Å². The molecular formula is C18H15ClFNO4S3. The first-order valence-corrected chi connectivity index (χ1v) is 12.3. The monoisotopic (exact) mass is 459 g/mol. The number of sulfonamides is 1. The minimum absolute atomic E-state index is 0.0226. The van der Waals surface area contributed by atoms with Crippen molar-refractivity contribution in [2.24, 2.45) is 0 Å². The summed E-state index contributed by atoms with van der Waals surface area (Å²) in [5.74, 6) is -0.521. The van der Waals surface area contributed by atoms with Gasteiger partial charge in [0.2, 0.25) is 10.0 Å². The lowest BCUT2D eigenvalue weighted by atomic mass is 10.1. The molecule has 0 aliphatic rings. The Morgan fingerprint density at radius 3 is 2.25 bits per heavy atom. The number of hydrogen-bond acceptors (Lipinski definition) is 5. The molecule has 28 heavy (non-hydrogen) atoms. The van der Waals surface area contributed by atoms with Crippen LogP contribution in [0.15, 0.2) is 75.1 Å². The van der Waals surface area contributed by atoms with E-state index < -0.39 is 37.5 Å². The van der Waals surface area contributed by atoms with Crippen LogP contribution in [0.2, 0.25) is 5.02 Å². The van der Waals surface area contributed by atoms with Gasteiger partial charge in [0.25, 0.3) is 0 Å². The van der Waals surface area contributed by atoms with Crippen molar-refractivity contribution in [2.45, 2.75) is 14.4 Å². The van der Waals surface area contributed by atoms with E-state index in [0.717, 1.165) is 23.5 Å². The SMILES string of the molecule is O=S(=O)(NC[C@@H](c1ccc(F)cc1)S(=O)(=O)c1cccs1)c1ccccc1Cl. The summed E-state index contributed by atoms with van der Waals surface area (Å²) in [6, 6.07) is 13.8. The van der Waals surface area contributed by atoms with Crippen molar-refractivity contribution in [3.8, 4) is 0 Å². The second-order valence-corrected chi connectivity index (χ2v) is 11.2. The van der Waals surface area contributed by atoms with Crippen LogP contribution in [0, 0.1) is 5.82 Å². The van der Waals surface area contributed by atoms with Gasteiger partial charge in [-0.15, -0.1) is 11.3 Å². The molecule has 0 fully saturated rings. The minimum atomic E-state index is -4.05. The van der Waals surface area contributed by atoms with Gasteiger partial charge in [-0.25, -0.2) is 25.9 Å². The molecule has 0 aliphatic heterocycles. The summed E-state index contributed by atoms with van der Waals surface area (Å²) >= 11 is 6.98. The number of thiophene rings is 1. The van der Waals surface area contributed by atoms with E-state index in [1.54, 1.807) is 17.5 Å². The quantitative estimate of drug-likeness (QED) is 0.578. The molecule has 0 spiro atoms. The molecule has 2 aromatic carbocycles. The molecule has 0 bridgehead atoms. The van der Waals surface area contributed by atoms with Gasteiger partial charge in [-0.3, -0.25) is 0 Å². The number of hydrogen-bond donors (Lipinski definition) is 1. The third-order valence-electron chi connectivity index (χ3n) is 3.98. The number of benzene rings is 2. The maximum absolute atomic E-state index is 13.3. The molecule has 3 rings (SSSR count). The second-order valence-electron chi connectivity index (χ2n) is 5.80. The lowest BCUT2D eigenvalue weighted by molar-refractivity contribution is 0.569. The van der Waals surface area contributed by atoms with Crippen molar-refractivity contribution in [1.82, 2.24) is 4.72 Å². The molecule has 148 valence electrons. The van der Waals surface area contributed by atoms with Crippen molar-refractivity contribution >= 4 is 42.8 Å². The van der Waals surface area contributed by atoms with Gasteiger partial charge in [-0.05, 0) is 41.3 Å². The van der Waals surface area contributed by atoms with E-state index in [0.29, 0.717) is 0 Å². The first-order chi connectivity index (χ1) is 13.2. The zero-order valence-corrected chi connectivity index (χ0v) is 17.5. The molecule has 0 aliphatic carbocycles. The zero-order valence-electron chi connectivity index (χ0n) is 14.2. The maximum Gasteiger partial charge on any atom is 0.242 e. The number of nitrogens with one attached hydrogen (secondary N) is 1. The number of sulfone groups is 1. The van der Waals surface area contributed by atoms with Crippen molar-refractivity contribution in [1.29, 1.82) is 0 Å². The molecule has 0 unspecified atom stereocenters. The fraction of sp³-hybridized carbons (Fsp3) is 0.111. The Kier molecular flexibility index (Phi) is 6.21. The van der Waals surface area contributed by atoms with Crippen LogP contribution in [0.3, 0.4) is 0 Å². The highest BCUT2D eigenvalue weighted by Crippen LogP contribution is 2.32. The summed E-state index contributed by atoms with van der Waals surface area (Å²) in [6.07, 6.45) is 0. The third-order valence-corrected chi connectivity index (χ3v) is 9.43. The van der Waals surface area contributed by atoms with E-state index >= 15 is 0 Å². The summed E-state index contributed by atoms with van der Waals surface area (Å²) in [5, 5.41) is 0.404. The molecule has 1 aromatic heterocycles. The van der Waals surface area contributed by atoms with E-state index in [1.807, 2.05) is 0 Å². The van der Waals surface area contributed by atoms with E-state index in [1.165, 1.54) is 36.4 Å². The first kappa shape index (κ1) is 20.9. The molecule has 0 saturated heterocycles. The van der Waals surface area contributed by atoms with Crippen LogP contribution < -0.4 is 4.72 Å². The standard InChI is InChI=1S/C18H15ClFNO4S3/c19-15-4-1-2-5-16(15)28(24,25)21-12-17(13-7-9-14(20)10-8-13)27(22,23)18-6-3-11-26-18/h1-11,17,21H,12H2/t17-/m0/s1. The average molecular weight is 460 g/mol. The Morgan fingerprint density at radius 1 is 0.964 bits per heavy atom. The lowest BCUT2D eigenvalue weighted by Crippen LogP contribution is -2.32. The smallest absolute Gasteiger partial charge is 0.222 e. The van der Waals surface area contributed by atoms with Crippen LogP contribution in [-0.4, -0.2) is 23.4 Å². The second kappa shape index (κ2) is 8.30. The summed E-state index contributed by atoms with van der Waals surface area (Å²) in [4.78, 5) is -0.150. The fourth-order valence-electron chi connectivity index (χ4n) is 2.58. The van der Waals surface area contributed by atoms with Crippen molar-refractivity contribution in [2.75, 3.05) is 6.54 Å². The maximum atomic E-state index is 13.3. The van der Waals surface area contributed by atoms with Gasteiger partial charge in [0.1, 0.15) is 20.2 Å². The van der Waals surface area contributed by atoms with Gasteiger partial charge in [0, 0.05) is 6.54 Å². The van der Waals surface area contributed by atoms with Crippen molar-refractivity contribution < 1.29 is 21.2 Å². The Labute approximate surface area is 171 Å². The van der Waals surface area contributed by atoms with E-state index in [9.17, 15) is 21.2 Å². The predicted molar refractivity (Wildman–Crippen MR) is 107 cm³/mol. The van der Waals surface area contributed by atoms with Crippen LogP contribution in [0.25, 0.3) is 0 Å². The minimum Gasteiger partial charge on any atom is -0.222 e. The van der Waals surface area contributed by atoms with E-state index in [-0.39, 0.29) is 19.7 Å². The van der Waals surface area contributed by atoms with Crippen LogP contribution in [0.4, 0.5) is 4.39 Å². The largest absolute Gasteiger partial charge is 0.242 e. The van der Waals surface area contributed by atoms with Crippen LogP contribution in [-0.2, 0) is 19.9 Å². The molecule has 1 atom stereocenters. The first-order valence-electron chi connectivity index (χ1n) is 7.99. The Morgan fingerprint density at radius 2 is 1.64 bits per heavy atom. The van der Waals surface area contributed by atoms with Crippen LogP contribution in [0.1, 0.15) is 10.8 Å². The number of rotatable bonds is 7. The van der Waals surface area contributed by atoms with Gasteiger partial charge < -0.3 is 0 Å². The van der Waals surface area contributed by atoms with Crippen LogP contribution in [0.5, 0.6) is 0 Å². The topological polar surface area (TPSA) is 80.3 Å². The highest BCUT2D eigenvalue weighted by atomic mass is 35.5. The fourth-order valence-corrected chi connectivity index (χ4v) is 7.11. The van der Waals surface area contributed by atoms with Crippen molar-refractivity contribution in [3.63, 3.8) is 0 Å². The summed E-state index contributed by atoms with van der Waals surface area (Å²) in [5.41, 5.74) is 0.275. The molecule has 0 radical (unpaired) electrons. The zero-order chi connectivity index (χ0) is 20.4. The third kappa shape index (κ3) is 4.44. The Hall–Kier alpha value is -1.78. The molecule has 1 heterocycles. The predicted octanol–water partition coefficient (Wildman–Crippen LogP) is 4.03. The van der Waals surface area contributed by atoms with Gasteiger partial charge >= 0.3 is 0 Å². The lowest BCUT2D eigenvalue weighted by Gasteiger charge is -2.18. The summed E-state index contributed by atoms with van der Waals surface area (Å²) in [7, 11) is -7.95. The van der Waals surface area contributed by atoms with E-state index in [4.69, 9.17) is 11.6 Å². The average Bonchev–Trinajstić information content (AvgIpc) is 3.19. The molecule has 3 aromatic rings. The Bertz CT molecular complexity index is 1160. The normalized spacial score (nSPS) is 13.4. The molecule has 0 amide bonds. The number of halogens is 2. The summed E-state index contributed by atoms with van der Waals surface area (Å²) < 4.78 is 67.0. The molecule has 10 heteroatoms. The van der Waals surface area contributed by atoms with E-state index in [2.05, 4.69) is 4.72 Å². The molecule has 5 nitrogen and oxygen atoms in total. The Balaban J connectivity index is 1.97. The van der Waals surface area contributed by atoms with Crippen molar-refractivity contribution in [3.05, 3.63) is 82.4 Å². The van der Waals surface area contributed by atoms with Gasteiger partial charge in [-0.2, -0.15) is 0 Å². The molecule has 0 saturated carbocycles. The highest BCUT2D eigenvalue weighted by molar-refractivity contribution is 7.93. The molecular weight excluding hydrogens is 445 g/mol. The van der Waals surface area contributed by atoms with Gasteiger partial charge in [0.15, 0.2) is 9.84 Å². The highest BCUT2D eigenvalue weighted by Gasteiger charge is 2.32. The summed E-state index contributed by atoms with van der Waals surface area (Å²) in [6.45, 7) is -0.431.